The molecule has 1 saturated heterocycles. The van der Waals surface area contributed by atoms with E-state index < -0.39 is 9.84 Å². The molecule has 0 unspecified atom stereocenters. The van der Waals surface area contributed by atoms with Gasteiger partial charge in [0.05, 0.1) is 30.5 Å². The second-order valence-electron chi connectivity index (χ2n) is 5.19. The van der Waals surface area contributed by atoms with Crippen molar-refractivity contribution in [1.82, 2.24) is 9.97 Å². The van der Waals surface area contributed by atoms with Crippen LogP contribution in [0.1, 0.15) is 20.3 Å². The van der Waals surface area contributed by atoms with Gasteiger partial charge in [-0.25, -0.2) is 8.42 Å². The fourth-order valence-corrected chi connectivity index (χ4v) is 3.53. The summed E-state index contributed by atoms with van der Waals surface area (Å²) < 4.78 is 28.2. The first-order valence-corrected chi connectivity index (χ1v) is 8.18. The number of ether oxygens (including phenoxy) is 1. The lowest BCUT2D eigenvalue weighted by Gasteiger charge is -2.12. The number of nitrogens with zero attached hydrogens (tertiary/aromatic N) is 2. The van der Waals surface area contributed by atoms with Crippen molar-refractivity contribution in [1.29, 1.82) is 0 Å². The van der Waals surface area contributed by atoms with Crippen molar-refractivity contribution in [2.24, 2.45) is 5.92 Å². The standard InChI is InChI=1S/C12H19N3O3S/c1-9(2)7-18-12-6-13-5-11(15-12)14-10-3-4-19(16,17)8-10/h5-6,9-10H,3-4,7-8H2,1-2H3,(H,14,15)/t10-/m1/s1. The molecule has 0 spiro atoms. The maximum Gasteiger partial charge on any atom is 0.234 e. The van der Waals surface area contributed by atoms with Gasteiger partial charge in [0.2, 0.25) is 5.88 Å². The lowest BCUT2D eigenvalue weighted by Crippen LogP contribution is -2.21. The molecular weight excluding hydrogens is 266 g/mol. The van der Waals surface area contributed by atoms with Gasteiger partial charge in [0.25, 0.3) is 0 Å². The molecule has 1 aliphatic heterocycles. The van der Waals surface area contributed by atoms with Crippen molar-refractivity contribution < 1.29 is 13.2 Å². The van der Waals surface area contributed by atoms with Crippen molar-refractivity contribution in [3.63, 3.8) is 0 Å². The van der Waals surface area contributed by atoms with Gasteiger partial charge in [0.15, 0.2) is 9.84 Å². The maximum absolute atomic E-state index is 11.4. The minimum atomic E-state index is -2.89. The molecule has 1 fully saturated rings. The summed E-state index contributed by atoms with van der Waals surface area (Å²) in [5, 5.41) is 3.09. The molecule has 6 nitrogen and oxygen atoms in total. The molecule has 106 valence electrons. The molecule has 0 saturated carbocycles. The molecular formula is C12H19N3O3S. The summed E-state index contributed by atoms with van der Waals surface area (Å²) in [5.41, 5.74) is 0. The molecule has 0 aliphatic carbocycles. The van der Waals surface area contributed by atoms with Gasteiger partial charge >= 0.3 is 0 Å². The van der Waals surface area contributed by atoms with Gasteiger partial charge in [-0.05, 0) is 12.3 Å². The van der Waals surface area contributed by atoms with Crippen LogP contribution in [0.3, 0.4) is 0 Å². The molecule has 0 radical (unpaired) electrons. The van der Waals surface area contributed by atoms with E-state index in [1.165, 1.54) is 0 Å². The summed E-state index contributed by atoms with van der Waals surface area (Å²) in [6.07, 6.45) is 3.74. The highest BCUT2D eigenvalue weighted by atomic mass is 32.2. The van der Waals surface area contributed by atoms with Crippen molar-refractivity contribution in [3.8, 4) is 5.88 Å². The zero-order chi connectivity index (χ0) is 13.9. The van der Waals surface area contributed by atoms with Gasteiger partial charge in [-0.1, -0.05) is 13.8 Å². The van der Waals surface area contributed by atoms with Crippen molar-refractivity contribution in [3.05, 3.63) is 12.4 Å². The number of nitrogens with one attached hydrogen (secondary N) is 1. The minimum Gasteiger partial charge on any atom is -0.476 e. The third-order valence-corrected chi connectivity index (χ3v) is 4.53. The molecule has 2 rings (SSSR count). The number of aromatic nitrogens is 2. The molecule has 0 aromatic carbocycles. The first-order chi connectivity index (χ1) is 8.94. The van der Waals surface area contributed by atoms with Crippen LogP contribution in [0.15, 0.2) is 12.4 Å². The SMILES string of the molecule is CC(C)COc1cncc(N[C@@H]2CCS(=O)(=O)C2)n1. The van der Waals surface area contributed by atoms with Crippen LogP contribution in [-0.4, -0.2) is 42.5 Å². The highest BCUT2D eigenvalue weighted by Gasteiger charge is 2.27. The Bertz CT molecular complexity index is 531. The summed E-state index contributed by atoms with van der Waals surface area (Å²) in [6, 6.07) is -0.0837. The molecule has 1 aliphatic rings. The predicted molar refractivity (Wildman–Crippen MR) is 73.0 cm³/mol. The first-order valence-electron chi connectivity index (χ1n) is 6.36. The lowest BCUT2D eigenvalue weighted by molar-refractivity contribution is 0.260. The van der Waals surface area contributed by atoms with Gasteiger partial charge in [0, 0.05) is 6.04 Å². The van der Waals surface area contributed by atoms with Crippen molar-refractivity contribution in [2.45, 2.75) is 26.3 Å². The first kappa shape index (κ1) is 14.0. The number of hydrogen-bond acceptors (Lipinski definition) is 6. The zero-order valence-corrected chi connectivity index (χ0v) is 12.0. The molecule has 19 heavy (non-hydrogen) atoms. The smallest absolute Gasteiger partial charge is 0.234 e. The zero-order valence-electron chi connectivity index (χ0n) is 11.2. The average molecular weight is 285 g/mol. The predicted octanol–water partition coefficient (Wildman–Crippen LogP) is 1.11. The fourth-order valence-electron chi connectivity index (χ4n) is 1.86. The Hall–Kier alpha value is -1.37. The van der Waals surface area contributed by atoms with Crippen LogP contribution in [-0.2, 0) is 9.84 Å². The van der Waals surface area contributed by atoms with Crippen LogP contribution in [0, 0.1) is 5.92 Å². The van der Waals surface area contributed by atoms with E-state index in [9.17, 15) is 8.42 Å². The maximum atomic E-state index is 11.4. The van der Waals surface area contributed by atoms with E-state index in [1.54, 1.807) is 12.4 Å². The number of rotatable bonds is 5. The molecule has 1 atom stereocenters. The highest BCUT2D eigenvalue weighted by Crippen LogP contribution is 2.17. The van der Waals surface area contributed by atoms with Crippen molar-refractivity contribution in [2.75, 3.05) is 23.4 Å². The van der Waals surface area contributed by atoms with Gasteiger partial charge in [-0.3, -0.25) is 4.98 Å². The van der Waals surface area contributed by atoms with E-state index in [0.29, 0.717) is 30.6 Å². The van der Waals surface area contributed by atoms with Crippen molar-refractivity contribution >= 4 is 15.7 Å². The summed E-state index contributed by atoms with van der Waals surface area (Å²) in [7, 11) is -2.89. The Morgan fingerprint density at radius 3 is 2.89 bits per heavy atom. The highest BCUT2D eigenvalue weighted by molar-refractivity contribution is 7.91. The quantitative estimate of drug-likeness (QED) is 0.873. The van der Waals surface area contributed by atoms with E-state index in [4.69, 9.17) is 4.74 Å². The van der Waals surface area contributed by atoms with E-state index in [1.807, 2.05) is 0 Å². The third kappa shape index (κ3) is 4.34. The molecule has 7 heteroatoms. The normalized spacial score (nSPS) is 21.5. The number of anilines is 1. The molecule has 1 N–H and O–H groups in total. The Morgan fingerprint density at radius 1 is 1.47 bits per heavy atom. The second-order valence-corrected chi connectivity index (χ2v) is 7.42. The Balaban J connectivity index is 1.95. The van der Waals surface area contributed by atoms with Crippen LogP contribution >= 0.6 is 0 Å². The molecule has 1 aromatic rings. The summed E-state index contributed by atoms with van der Waals surface area (Å²) in [6.45, 7) is 4.69. The monoisotopic (exact) mass is 285 g/mol. The molecule has 2 heterocycles. The largest absolute Gasteiger partial charge is 0.476 e. The summed E-state index contributed by atoms with van der Waals surface area (Å²) in [5.74, 6) is 1.83. The van der Waals surface area contributed by atoms with Crippen LogP contribution < -0.4 is 10.1 Å². The Kier molecular flexibility index (Phi) is 4.24. The fraction of sp³-hybridized carbons (Fsp3) is 0.667. The van der Waals surface area contributed by atoms with E-state index in [2.05, 4.69) is 29.1 Å². The van der Waals surface area contributed by atoms with Crippen LogP contribution in [0.25, 0.3) is 0 Å². The van der Waals surface area contributed by atoms with Crippen LogP contribution in [0.2, 0.25) is 0 Å². The van der Waals surface area contributed by atoms with Crippen LogP contribution in [0.4, 0.5) is 5.82 Å². The van der Waals surface area contributed by atoms with Gasteiger partial charge in [-0.2, -0.15) is 4.98 Å². The molecule has 1 aromatic heterocycles. The molecule has 0 amide bonds. The minimum absolute atomic E-state index is 0.0837. The Morgan fingerprint density at radius 2 is 2.26 bits per heavy atom. The van der Waals surface area contributed by atoms with Gasteiger partial charge in [0.1, 0.15) is 5.82 Å². The van der Waals surface area contributed by atoms with Crippen LogP contribution in [0.5, 0.6) is 5.88 Å². The Labute approximate surface area is 113 Å². The average Bonchev–Trinajstić information content (AvgIpc) is 2.66. The summed E-state index contributed by atoms with van der Waals surface area (Å²) >= 11 is 0. The van der Waals surface area contributed by atoms with E-state index in [0.717, 1.165) is 0 Å². The van der Waals surface area contributed by atoms with Gasteiger partial charge < -0.3 is 10.1 Å². The lowest BCUT2D eigenvalue weighted by atomic mass is 10.2. The second kappa shape index (κ2) is 5.73. The molecule has 0 bridgehead atoms. The summed E-state index contributed by atoms with van der Waals surface area (Å²) in [4.78, 5) is 8.31. The van der Waals surface area contributed by atoms with Gasteiger partial charge in [-0.15, -0.1) is 0 Å². The van der Waals surface area contributed by atoms with E-state index in [-0.39, 0.29) is 17.5 Å². The van der Waals surface area contributed by atoms with E-state index >= 15 is 0 Å². The number of hydrogen-bond donors (Lipinski definition) is 1. The third-order valence-electron chi connectivity index (χ3n) is 2.76. The topological polar surface area (TPSA) is 81.2 Å². The number of sulfone groups is 1.